The van der Waals surface area contributed by atoms with Crippen LogP contribution in [0.4, 0.5) is 0 Å². The average molecular weight is 309 g/mol. The van der Waals surface area contributed by atoms with Crippen molar-refractivity contribution in [3.05, 3.63) is 33.9 Å². The molecule has 0 spiro atoms. The van der Waals surface area contributed by atoms with Crippen molar-refractivity contribution in [1.82, 2.24) is 19.9 Å². The minimum Gasteiger partial charge on any atom is -0.444 e. The quantitative estimate of drug-likeness (QED) is 0.681. The number of rotatable bonds is 3. The molecule has 2 aromatic rings. The Morgan fingerprint density at radius 1 is 1.38 bits per heavy atom. The van der Waals surface area contributed by atoms with E-state index in [1.54, 1.807) is 13.1 Å². The summed E-state index contributed by atoms with van der Waals surface area (Å²) >= 11 is 1.28. The molecule has 0 saturated heterocycles. The molecule has 8 heteroatoms. The fourth-order valence-electron chi connectivity index (χ4n) is 1.58. The normalized spacial score (nSPS) is 13.4. The average Bonchev–Trinajstić information content (AvgIpc) is 2.89. The van der Waals surface area contributed by atoms with E-state index in [1.807, 2.05) is 6.92 Å². The minimum atomic E-state index is -0.359. The number of nitrogens with zero attached hydrogens (tertiary/aromatic N) is 4. The molecule has 2 N–H and O–H groups in total. The zero-order valence-corrected chi connectivity index (χ0v) is 13.6. The van der Waals surface area contributed by atoms with Crippen LogP contribution in [-0.4, -0.2) is 19.9 Å². The van der Waals surface area contributed by atoms with Crippen molar-refractivity contribution in [2.24, 2.45) is 0 Å². The summed E-state index contributed by atoms with van der Waals surface area (Å²) in [5, 5.41) is 7.93. The van der Waals surface area contributed by atoms with Crippen LogP contribution < -0.4 is 11.4 Å². The Labute approximate surface area is 126 Å². The number of nitrogens with two attached hydrogens (primary N) is 1. The molecule has 114 valence electrons. The molecule has 1 atom stereocenters. The van der Waals surface area contributed by atoms with Crippen molar-refractivity contribution < 1.29 is 4.42 Å². The second-order valence-corrected chi connectivity index (χ2v) is 7.12. The smallest absolute Gasteiger partial charge is 0.294 e. The van der Waals surface area contributed by atoms with Gasteiger partial charge in [-0.05, 0) is 13.8 Å². The third kappa shape index (κ3) is 3.26. The lowest BCUT2D eigenvalue weighted by molar-refractivity contribution is 0.383. The molecule has 0 aromatic carbocycles. The van der Waals surface area contributed by atoms with E-state index in [1.165, 1.54) is 11.8 Å². The molecule has 7 nitrogen and oxygen atoms in total. The van der Waals surface area contributed by atoms with Gasteiger partial charge in [0.05, 0.1) is 11.4 Å². The first-order chi connectivity index (χ1) is 9.70. The summed E-state index contributed by atoms with van der Waals surface area (Å²) < 4.78 is 6.76. The monoisotopic (exact) mass is 309 g/mol. The SMILES string of the molecule is Cc1nnc(S[C@@H](C)c2ncc(C(C)(C)C)o2)n(N)c1=O. The van der Waals surface area contributed by atoms with Gasteiger partial charge in [0, 0.05) is 5.41 Å². The van der Waals surface area contributed by atoms with E-state index in [0.29, 0.717) is 11.0 Å². The third-order valence-corrected chi connectivity index (χ3v) is 3.96. The third-order valence-electron chi connectivity index (χ3n) is 2.91. The van der Waals surface area contributed by atoms with Crippen molar-refractivity contribution in [3.63, 3.8) is 0 Å². The van der Waals surface area contributed by atoms with Gasteiger partial charge in [0.15, 0.2) is 0 Å². The van der Waals surface area contributed by atoms with Crippen LogP contribution >= 0.6 is 11.8 Å². The molecule has 0 saturated carbocycles. The lowest BCUT2D eigenvalue weighted by atomic mass is 9.94. The van der Waals surface area contributed by atoms with Gasteiger partial charge in [0.25, 0.3) is 5.56 Å². The Balaban J connectivity index is 2.23. The molecule has 0 fully saturated rings. The number of aryl methyl sites for hydroxylation is 1. The first kappa shape index (κ1) is 15.6. The Kier molecular flexibility index (Phi) is 4.08. The zero-order valence-electron chi connectivity index (χ0n) is 12.7. The van der Waals surface area contributed by atoms with Crippen LogP contribution in [-0.2, 0) is 5.41 Å². The van der Waals surface area contributed by atoms with Crippen LogP contribution in [0.1, 0.15) is 50.3 Å². The summed E-state index contributed by atoms with van der Waals surface area (Å²) in [5.41, 5.74) is -0.196. The van der Waals surface area contributed by atoms with Crippen LogP contribution in [0, 0.1) is 6.92 Å². The van der Waals surface area contributed by atoms with Crippen LogP contribution in [0.5, 0.6) is 0 Å². The van der Waals surface area contributed by atoms with Gasteiger partial charge in [-0.25, -0.2) is 4.98 Å². The summed E-state index contributed by atoms with van der Waals surface area (Å²) in [6.45, 7) is 9.64. The Morgan fingerprint density at radius 3 is 2.62 bits per heavy atom. The summed E-state index contributed by atoms with van der Waals surface area (Å²) in [6.07, 6.45) is 1.72. The molecule has 0 aliphatic heterocycles. The highest BCUT2D eigenvalue weighted by Crippen LogP contribution is 2.34. The van der Waals surface area contributed by atoms with Gasteiger partial charge in [-0.3, -0.25) is 4.79 Å². The van der Waals surface area contributed by atoms with Gasteiger partial charge in [-0.1, -0.05) is 32.5 Å². The summed E-state index contributed by atoms with van der Waals surface area (Å²) in [6, 6.07) is 0. The van der Waals surface area contributed by atoms with E-state index in [4.69, 9.17) is 10.3 Å². The molecule has 0 aliphatic rings. The van der Waals surface area contributed by atoms with Crippen LogP contribution in [0.2, 0.25) is 0 Å². The maximum Gasteiger partial charge on any atom is 0.294 e. The van der Waals surface area contributed by atoms with Gasteiger partial charge in [0.1, 0.15) is 11.5 Å². The number of oxazole rings is 1. The van der Waals surface area contributed by atoms with E-state index in [0.717, 1.165) is 10.4 Å². The van der Waals surface area contributed by atoms with Crippen molar-refractivity contribution >= 4 is 11.8 Å². The van der Waals surface area contributed by atoms with E-state index in [-0.39, 0.29) is 21.9 Å². The van der Waals surface area contributed by atoms with Gasteiger partial charge < -0.3 is 10.3 Å². The molecule has 2 heterocycles. The predicted octanol–water partition coefficient (Wildman–Crippen LogP) is 1.80. The van der Waals surface area contributed by atoms with Gasteiger partial charge in [-0.15, -0.1) is 10.2 Å². The predicted molar refractivity (Wildman–Crippen MR) is 80.7 cm³/mol. The molecule has 0 aliphatic carbocycles. The summed E-state index contributed by atoms with van der Waals surface area (Å²) in [4.78, 5) is 16.0. The summed E-state index contributed by atoms with van der Waals surface area (Å²) in [7, 11) is 0. The highest BCUT2D eigenvalue weighted by molar-refractivity contribution is 7.99. The van der Waals surface area contributed by atoms with E-state index < -0.39 is 0 Å². The highest BCUT2D eigenvalue weighted by Gasteiger charge is 2.23. The first-order valence-corrected chi connectivity index (χ1v) is 7.42. The fraction of sp³-hybridized carbons (Fsp3) is 0.538. The molecule has 0 unspecified atom stereocenters. The second-order valence-electron chi connectivity index (χ2n) is 5.82. The highest BCUT2D eigenvalue weighted by atomic mass is 32.2. The fourth-order valence-corrected chi connectivity index (χ4v) is 2.39. The maximum atomic E-state index is 11.7. The topological polar surface area (TPSA) is 99.8 Å². The van der Waals surface area contributed by atoms with Crippen molar-refractivity contribution in [1.29, 1.82) is 0 Å². The zero-order chi connectivity index (χ0) is 15.8. The molecular weight excluding hydrogens is 290 g/mol. The summed E-state index contributed by atoms with van der Waals surface area (Å²) in [5.74, 6) is 7.09. The molecule has 0 radical (unpaired) electrons. The van der Waals surface area contributed by atoms with Crippen LogP contribution in [0.25, 0.3) is 0 Å². The molecular formula is C13H19N5O2S. The molecule has 0 amide bonds. The Hall–Kier alpha value is -1.83. The van der Waals surface area contributed by atoms with E-state index in [2.05, 4.69) is 36.0 Å². The van der Waals surface area contributed by atoms with Crippen molar-refractivity contribution in [3.8, 4) is 0 Å². The number of nitrogen functional groups attached to an aromatic ring is 1. The lowest BCUT2D eigenvalue weighted by Crippen LogP contribution is -2.32. The minimum absolute atomic E-state index is 0.102. The maximum absolute atomic E-state index is 11.7. The molecule has 2 aromatic heterocycles. The number of hydrogen-bond acceptors (Lipinski definition) is 7. The van der Waals surface area contributed by atoms with Crippen molar-refractivity contribution in [2.45, 2.75) is 50.4 Å². The largest absolute Gasteiger partial charge is 0.444 e. The van der Waals surface area contributed by atoms with Crippen molar-refractivity contribution in [2.75, 3.05) is 5.84 Å². The molecule has 21 heavy (non-hydrogen) atoms. The molecule has 0 bridgehead atoms. The molecule has 2 rings (SSSR count). The van der Waals surface area contributed by atoms with Crippen LogP contribution in [0.3, 0.4) is 0 Å². The Morgan fingerprint density at radius 2 is 2.05 bits per heavy atom. The van der Waals surface area contributed by atoms with E-state index in [9.17, 15) is 4.79 Å². The number of thioether (sulfide) groups is 1. The number of aromatic nitrogens is 4. The standard InChI is InChI=1S/C13H19N5O2S/c1-7-11(19)18(14)12(17-16-7)21-8(2)10-15-6-9(20-10)13(3,4)5/h6,8H,14H2,1-5H3/t8-/m0/s1. The van der Waals surface area contributed by atoms with Gasteiger partial charge in [-0.2, -0.15) is 4.68 Å². The van der Waals surface area contributed by atoms with Gasteiger partial charge >= 0.3 is 0 Å². The first-order valence-electron chi connectivity index (χ1n) is 6.54. The number of hydrogen-bond donors (Lipinski definition) is 1. The van der Waals surface area contributed by atoms with Gasteiger partial charge in [0.2, 0.25) is 11.0 Å². The lowest BCUT2D eigenvalue weighted by Gasteiger charge is -2.14. The van der Waals surface area contributed by atoms with Crippen LogP contribution in [0.15, 0.2) is 20.6 Å². The Bertz CT molecular complexity index is 701. The second kappa shape index (κ2) is 5.51. The van der Waals surface area contributed by atoms with E-state index >= 15 is 0 Å².